The third-order valence-corrected chi connectivity index (χ3v) is 9.27. The van der Waals surface area contributed by atoms with Crippen molar-refractivity contribution in [1.82, 2.24) is 5.32 Å². The lowest BCUT2D eigenvalue weighted by Crippen LogP contribution is -2.46. The van der Waals surface area contributed by atoms with E-state index in [2.05, 4.69) is 5.32 Å². The molecule has 1 amide bonds. The van der Waals surface area contributed by atoms with Gasteiger partial charge in [0, 0.05) is 12.3 Å². The molecule has 1 atom stereocenters. The molecule has 0 unspecified atom stereocenters. The van der Waals surface area contributed by atoms with E-state index in [9.17, 15) is 23.1 Å². The van der Waals surface area contributed by atoms with Crippen molar-refractivity contribution in [3.05, 3.63) is 113 Å². The Balaban J connectivity index is 1.40. The van der Waals surface area contributed by atoms with Crippen LogP contribution in [0.3, 0.4) is 0 Å². The molecule has 5 rings (SSSR count). The van der Waals surface area contributed by atoms with E-state index in [1.54, 1.807) is 32.9 Å². The molecule has 1 aliphatic rings. The molecule has 0 aliphatic heterocycles. The van der Waals surface area contributed by atoms with Crippen molar-refractivity contribution in [3.8, 4) is 16.9 Å². The van der Waals surface area contributed by atoms with Gasteiger partial charge in [-0.15, -0.1) is 0 Å². The molecule has 4 aromatic rings. The normalized spacial score (nSPS) is 13.5. The Hall–Kier alpha value is -4.63. The maximum absolute atomic E-state index is 13.6. The Morgan fingerprint density at radius 2 is 1.48 bits per heavy atom. The molecular weight excluding hydrogens is 578 g/mol. The van der Waals surface area contributed by atoms with E-state index in [4.69, 9.17) is 9.47 Å². The smallest absolute Gasteiger partial charge is 0.407 e. The summed E-state index contributed by atoms with van der Waals surface area (Å²) in [5, 5.41) is 12.8. The lowest BCUT2D eigenvalue weighted by Gasteiger charge is -2.25. The van der Waals surface area contributed by atoms with Crippen LogP contribution in [0.2, 0.25) is 0 Å². The molecule has 0 fully saturated rings. The molecule has 44 heavy (non-hydrogen) atoms. The highest BCUT2D eigenvalue weighted by Crippen LogP contribution is 2.44. The molecule has 0 saturated carbocycles. The number of fused-ring (bicyclic) bond motifs is 3. The van der Waals surface area contributed by atoms with Gasteiger partial charge < -0.3 is 19.9 Å². The Bertz CT molecular complexity index is 1760. The van der Waals surface area contributed by atoms with Crippen molar-refractivity contribution in [2.24, 2.45) is 0 Å². The number of phenolic OH excluding ortho intramolecular Hbond substituents is 1. The molecule has 0 bridgehead atoms. The van der Waals surface area contributed by atoms with Crippen molar-refractivity contribution in [3.63, 3.8) is 0 Å². The lowest BCUT2D eigenvalue weighted by atomic mass is 9.98. The van der Waals surface area contributed by atoms with Gasteiger partial charge in [0.15, 0.2) is 0 Å². The molecule has 1 aliphatic carbocycles. The van der Waals surface area contributed by atoms with Crippen molar-refractivity contribution < 1.29 is 32.6 Å². The number of nitrogens with one attached hydrogen (secondary N) is 1. The first-order valence-electron chi connectivity index (χ1n) is 14.3. The van der Waals surface area contributed by atoms with E-state index in [-0.39, 0.29) is 40.0 Å². The first-order chi connectivity index (χ1) is 20.8. The summed E-state index contributed by atoms with van der Waals surface area (Å²) in [7, 11) is -4.08. The summed E-state index contributed by atoms with van der Waals surface area (Å²) in [6.07, 6.45) is -1.07. The second kappa shape index (κ2) is 12.2. The van der Waals surface area contributed by atoms with Gasteiger partial charge in [0.05, 0.1) is 9.79 Å². The van der Waals surface area contributed by atoms with Gasteiger partial charge in [-0.05, 0) is 79.8 Å². The summed E-state index contributed by atoms with van der Waals surface area (Å²) in [4.78, 5) is 26.4. The standard InChI is InChI=1S/C35H35NO7S/c1-22-13-17-25(18-14-22)44(40,41)32-20-24(37)16-15-23(32)19-31(33(38)43-35(2,3)4)36-34(39)42-21-30-28-11-7-5-9-26(28)27-10-6-8-12-29(27)30/h5-18,20,30-31,37H,19,21H2,1-4H3,(H,36,39)/t31-/m0/s1. The largest absolute Gasteiger partial charge is 0.508 e. The maximum Gasteiger partial charge on any atom is 0.407 e. The first kappa shape index (κ1) is 30.8. The number of hydrogen-bond acceptors (Lipinski definition) is 7. The number of amides is 1. The average molecular weight is 614 g/mol. The fourth-order valence-electron chi connectivity index (χ4n) is 5.37. The molecule has 0 aromatic heterocycles. The molecule has 0 heterocycles. The van der Waals surface area contributed by atoms with E-state index < -0.39 is 33.5 Å². The molecule has 0 spiro atoms. The highest BCUT2D eigenvalue weighted by molar-refractivity contribution is 7.91. The molecule has 0 radical (unpaired) electrons. The van der Waals surface area contributed by atoms with E-state index in [1.807, 2.05) is 55.5 Å². The fraction of sp³-hybridized carbons (Fsp3) is 0.257. The number of phenols is 1. The maximum atomic E-state index is 13.6. The van der Waals surface area contributed by atoms with E-state index in [0.29, 0.717) is 0 Å². The van der Waals surface area contributed by atoms with Gasteiger partial charge >= 0.3 is 12.1 Å². The number of carbonyl (C=O) groups is 2. The Morgan fingerprint density at radius 1 is 0.886 bits per heavy atom. The predicted octanol–water partition coefficient (Wildman–Crippen LogP) is 6.32. The molecule has 2 N–H and O–H groups in total. The predicted molar refractivity (Wildman–Crippen MR) is 166 cm³/mol. The molecule has 0 saturated heterocycles. The number of alkyl carbamates (subject to hydrolysis) is 1. The zero-order valence-electron chi connectivity index (χ0n) is 25.0. The van der Waals surface area contributed by atoms with E-state index >= 15 is 0 Å². The minimum Gasteiger partial charge on any atom is -0.508 e. The van der Waals surface area contributed by atoms with Gasteiger partial charge in [-0.2, -0.15) is 0 Å². The zero-order chi connectivity index (χ0) is 31.6. The van der Waals surface area contributed by atoms with Crippen LogP contribution in [0.1, 0.15) is 48.9 Å². The monoisotopic (exact) mass is 613 g/mol. The summed E-state index contributed by atoms with van der Waals surface area (Å²) in [6, 6.07) is 24.8. The SMILES string of the molecule is Cc1ccc(S(=O)(=O)c2cc(O)ccc2C[C@H](NC(=O)OCC2c3ccccc3-c3ccccc32)C(=O)OC(C)(C)C)cc1. The highest BCUT2D eigenvalue weighted by Gasteiger charge is 2.32. The van der Waals surface area contributed by atoms with Gasteiger partial charge in [0.2, 0.25) is 9.84 Å². The second-order valence-corrected chi connectivity index (χ2v) is 13.8. The topological polar surface area (TPSA) is 119 Å². The number of sulfone groups is 1. The van der Waals surface area contributed by atoms with Crippen LogP contribution in [0.4, 0.5) is 4.79 Å². The Morgan fingerprint density at radius 3 is 2.07 bits per heavy atom. The van der Waals surface area contributed by atoms with Gasteiger partial charge in [-0.1, -0.05) is 72.3 Å². The van der Waals surface area contributed by atoms with Crippen LogP contribution in [-0.4, -0.2) is 43.8 Å². The van der Waals surface area contributed by atoms with Crippen molar-refractivity contribution >= 4 is 21.9 Å². The summed E-state index contributed by atoms with van der Waals surface area (Å²) in [5.41, 5.74) is 4.48. The van der Waals surface area contributed by atoms with Crippen LogP contribution in [-0.2, 0) is 30.5 Å². The van der Waals surface area contributed by atoms with Crippen LogP contribution < -0.4 is 5.32 Å². The number of aromatic hydroxyl groups is 1. The summed E-state index contributed by atoms with van der Waals surface area (Å²) in [6.45, 7) is 6.97. The van der Waals surface area contributed by atoms with E-state index in [0.717, 1.165) is 33.9 Å². The summed E-state index contributed by atoms with van der Waals surface area (Å²) in [5.74, 6) is -1.19. The summed E-state index contributed by atoms with van der Waals surface area (Å²) >= 11 is 0. The fourth-order valence-corrected chi connectivity index (χ4v) is 6.90. The highest BCUT2D eigenvalue weighted by atomic mass is 32.2. The number of carbonyl (C=O) groups excluding carboxylic acids is 2. The quantitative estimate of drug-likeness (QED) is 0.223. The minimum atomic E-state index is -4.08. The Kier molecular flexibility index (Phi) is 8.52. The van der Waals surface area contributed by atoms with Crippen LogP contribution in [0.15, 0.2) is 101 Å². The third kappa shape index (κ3) is 6.63. The van der Waals surface area contributed by atoms with Crippen molar-refractivity contribution in [2.45, 2.75) is 61.5 Å². The number of ether oxygens (including phenoxy) is 2. The van der Waals surface area contributed by atoms with Crippen LogP contribution in [0.25, 0.3) is 11.1 Å². The molecule has 228 valence electrons. The van der Waals surface area contributed by atoms with Crippen molar-refractivity contribution in [2.75, 3.05) is 6.61 Å². The average Bonchev–Trinajstić information content (AvgIpc) is 3.29. The number of esters is 1. The number of aryl methyl sites for hydroxylation is 1. The van der Waals surface area contributed by atoms with Gasteiger partial charge in [0.25, 0.3) is 0 Å². The Labute approximate surface area is 257 Å². The van der Waals surface area contributed by atoms with Crippen LogP contribution in [0.5, 0.6) is 5.75 Å². The summed E-state index contributed by atoms with van der Waals surface area (Å²) < 4.78 is 38.5. The van der Waals surface area contributed by atoms with E-state index in [1.165, 1.54) is 24.3 Å². The first-order valence-corrected chi connectivity index (χ1v) is 15.8. The molecular formula is C35H35NO7S. The molecule has 4 aromatic carbocycles. The third-order valence-electron chi connectivity index (χ3n) is 7.42. The zero-order valence-corrected chi connectivity index (χ0v) is 25.9. The van der Waals surface area contributed by atoms with Gasteiger partial charge in [-0.3, -0.25) is 0 Å². The van der Waals surface area contributed by atoms with Crippen LogP contribution >= 0.6 is 0 Å². The lowest BCUT2D eigenvalue weighted by molar-refractivity contribution is -0.157. The second-order valence-electron chi connectivity index (χ2n) is 11.9. The molecule has 9 heteroatoms. The van der Waals surface area contributed by atoms with Crippen molar-refractivity contribution in [1.29, 1.82) is 0 Å². The number of benzene rings is 4. The number of rotatable bonds is 8. The van der Waals surface area contributed by atoms with Gasteiger partial charge in [0.1, 0.15) is 24.0 Å². The van der Waals surface area contributed by atoms with Gasteiger partial charge in [-0.25, -0.2) is 18.0 Å². The van der Waals surface area contributed by atoms with Crippen LogP contribution in [0, 0.1) is 6.92 Å². The number of hydrogen-bond donors (Lipinski definition) is 2. The molecule has 8 nitrogen and oxygen atoms in total. The minimum absolute atomic E-state index is 0.0349.